The number of thioether (sulfide) groups is 1. The highest BCUT2D eigenvalue weighted by Crippen LogP contribution is 2.33. The van der Waals surface area contributed by atoms with Crippen LogP contribution in [0, 0.1) is 0 Å². The molecule has 1 unspecified atom stereocenters. The summed E-state index contributed by atoms with van der Waals surface area (Å²) in [4.78, 5) is 12.5. The van der Waals surface area contributed by atoms with E-state index in [1.807, 2.05) is 37.3 Å². The van der Waals surface area contributed by atoms with E-state index < -0.39 is 0 Å². The van der Waals surface area contributed by atoms with Gasteiger partial charge in [-0.2, -0.15) is 0 Å². The second kappa shape index (κ2) is 9.23. The zero-order valence-electron chi connectivity index (χ0n) is 17.9. The van der Waals surface area contributed by atoms with Crippen LogP contribution in [0.1, 0.15) is 18.7 Å². The molecule has 1 amide bonds. The monoisotopic (exact) mass is 453 g/mol. The number of aromatic nitrogens is 3. The highest BCUT2D eigenvalue weighted by atomic mass is 32.2. The summed E-state index contributed by atoms with van der Waals surface area (Å²) in [5, 5.41) is 12.6. The van der Waals surface area contributed by atoms with Crippen LogP contribution in [-0.4, -0.2) is 40.8 Å². The van der Waals surface area contributed by atoms with Gasteiger partial charge >= 0.3 is 0 Å². The number of amides is 1. The van der Waals surface area contributed by atoms with Crippen molar-refractivity contribution < 1.29 is 18.7 Å². The summed E-state index contributed by atoms with van der Waals surface area (Å²) in [6, 6.07) is 14.7. The second-order valence-corrected chi connectivity index (χ2v) is 7.95. The van der Waals surface area contributed by atoms with Gasteiger partial charge in [-0.3, -0.25) is 4.79 Å². The molecule has 2 heterocycles. The fraction of sp³-hybridized carbons (Fsp3) is 0.227. The molecule has 0 aliphatic rings. The van der Waals surface area contributed by atoms with Gasteiger partial charge in [0.2, 0.25) is 11.1 Å². The number of hydrogen-bond acceptors (Lipinski definition) is 8. The number of nitrogens with two attached hydrogens (primary N) is 1. The van der Waals surface area contributed by atoms with E-state index in [4.69, 9.17) is 19.7 Å². The Labute approximate surface area is 188 Å². The highest BCUT2D eigenvalue weighted by Gasteiger charge is 2.19. The maximum absolute atomic E-state index is 12.5. The van der Waals surface area contributed by atoms with Crippen LogP contribution in [0.5, 0.6) is 11.5 Å². The molecule has 1 atom stereocenters. The molecule has 10 heteroatoms. The molecular formula is C22H23N5O4S. The SMILES string of the molecule is COc1ccc(-c2nnc(SCC(=O)NC(C)c3cc4ccccc4o3)n2N)c(OC)c1. The van der Waals surface area contributed by atoms with Gasteiger partial charge in [-0.25, -0.2) is 4.68 Å². The van der Waals surface area contributed by atoms with Gasteiger partial charge in [0.05, 0.1) is 31.6 Å². The smallest absolute Gasteiger partial charge is 0.231 e. The average molecular weight is 454 g/mol. The van der Waals surface area contributed by atoms with E-state index in [1.165, 1.54) is 16.4 Å². The van der Waals surface area contributed by atoms with Gasteiger partial charge in [-0.15, -0.1) is 10.2 Å². The molecule has 4 rings (SSSR count). The van der Waals surface area contributed by atoms with Crippen molar-refractivity contribution in [3.05, 3.63) is 54.3 Å². The highest BCUT2D eigenvalue weighted by molar-refractivity contribution is 7.99. The van der Waals surface area contributed by atoms with Crippen LogP contribution >= 0.6 is 11.8 Å². The molecule has 0 saturated carbocycles. The van der Waals surface area contributed by atoms with E-state index in [0.29, 0.717) is 33.8 Å². The van der Waals surface area contributed by atoms with Gasteiger partial charge in [0.15, 0.2) is 5.82 Å². The number of fused-ring (bicyclic) bond motifs is 1. The van der Waals surface area contributed by atoms with Crippen LogP contribution in [0.2, 0.25) is 0 Å². The topological polar surface area (TPSA) is 117 Å². The normalized spacial score (nSPS) is 12.0. The van der Waals surface area contributed by atoms with Gasteiger partial charge in [-0.05, 0) is 31.2 Å². The van der Waals surface area contributed by atoms with Crippen molar-refractivity contribution in [3.8, 4) is 22.9 Å². The number of furan rings is 1. The first-order chi connectivity index (χ1) is 15.5. The minimum absolute atomic E-state index is 0.125. The first kappa shape index (κ1) is 21.6. The Hall–Kier alpha value is -3.66. The fourth-order valence-electron chi connectivity index (χ4n) is 3.24. The number of nitrogens with one attached hydrogen (secondary N) is 1. The third-order valence-electron chi connectivity index (χ3n) is 4.90. The van der Waals surface area contributed by atoms with Crippen LogP contribution in [0.15, 0.2) is 58.1 Å². The fourth-order valence-corrected chi connectivity index (χ4v) is 3.91. The van der Waals surface area contributed by atoms with Crippen molar-refractivity contribution >= 4 is 28.6 Å². The maximum Gasteiger partial charge on any atom is 0.231 e. The Morgan fingerprint density at radius 1 is 1.19 bits per heavy atom. The van der Waals surface area contributed by atoms with Gasteiger partial charge in [0, 0.05) is 11.5 Å². The van der Waals surface area contributed by atoms with Crippen LogP contribution in [0.3, 0.4) is 0 Å². The zero-order valence-corrected chi connectivity index (χ0v) is 18.7. The summed E-state index contributed by atoms with van der Waals surface area (Å²) < 4.78 is 17.8. The van der Waals surface area contributed by atoms with E-state index in [9.17, 15) is 4.79 Å². The Bertz CT molecular complexity index is 1220. The van der Waals surface area contributed by atoms with E-state index >= 15 is 0 Å². The van der Waals surface area contributed by atoms with E-state index in [-0.39, 0.29) is 17.7 Å². The molecule has 0 aliphatic carbocycles. The minimum Gasteiger partial charge on any atom is -0.497 e. The Balaban J connectivity index is 1.41. The summed E-state index contributed by atoms with van der Waals surface area (Å²) in [5.41, 5.74) is 1.45. The van der Waals surface area contributed by atoms with Gasteiger partial charge in [-0.1, -0.05) is 30.0 Å². The average Bonchev–Trinajstić information content (AvgIpc) is 3.40. The third kappa shape index (κ3) is 4.35. The van der Waals surface area contributed by atoms with Crippen LogP contribution in [-0.2, 0) is 4.79 Å². The zero-order chi connectivity index (χ0) is 22.7. The van der Waals surface area contributed by atoms with Crippen molar-refractivity contribution in [1.29, 1.82) is 0 Å². The molecule has 2 aromatic heterocycles. The molecule has 0 radical (unpaired) electrons. The molecule has 32 heavy (non-hydrogen) atoms. The lowest BCUT2D eigenvalue weighted by molar-refractivity contribution is -0.119. The molecule has 9 nitrogen and oxygen atoms in total. The lowest BCUT2D eigenvalue weighted by atomic mass is 10.2. The van der Waals surface area contributed by atoms with E-state index in [0.717, 1.165) is 11.0 Å². The summed E-state index contributed by atoms with van der Waals surface area (Å²) in [6.07, 6.45) is 0. The first-order valence-electron chi connectivity index (χ1n) is 9.83. The molecule has 166 valence electrons. The Morgan fingerprint density at radius 2 is 2.00 bits per heavy atom. The summed E-state index contributed by atoms with van der Waals surface area (Å²) in [6.45, 7) is 1.87. The third-order valence-corrected chi connectivity index (χ3v) is 5.84. The molecule has 0 bridgehead atoms. The summed E-state index contributed by atoms with van der Waals surface area (Å²) in [7, 11) is 3.13. The largest absolute Gasteiger partial charge is 0.497 e. The number of carbonyl (C=O) groups is 1. The van der Waals surface area contributed by atoms with Gasteiger partial charge in [0.1, 0.15) is 22.8 Å². The van der Waals surface area contributed by atoms with Gasteiger partial charge in [0.25, 0.3) is 0 Å². The number of para-hydroxylation sites is 1. The molecule has 0 aliphatic heterocycles. The Morgan fingerprint density at radius 3 is 2.75 bits per heavy atom. The molecule has 0 spiro atoms. The summed E-state index contributed by atoms with van der Waals surface area (Å²) in [5.74, 6) is 8.46. The lowest BCUT2D eigenvalue weighted by Crippen LogP contribution is -2.28. The number of ether oxygens (including phenoxy) is 2. The Kier molecular flexibility index (Phi) is 6.22. The predicted octanol–water partition coefficient (Wildman–Crippen LogP) is 3.39. The van der Waals surface area contributed by atoms with E-state index in [1.54, 1.807) is 32.4 Å². The second-order valence-electron chi connectivity index (χ2n) is 7.01. The number of nitrogen functional groups attached to an aromatic ring is 1. The minimum atomic E-state index is -0.273. The van der Waals surface area contributed by atoms with Crippen LogP contribution in [0.4, 0.5) is 0 Å². The molecule has 0 saturated heterocycles. The van der Waals surface area contributed by atoms with E-state index in [2.05, 4.69) is 15.5 Å². The standard InChI is InChI=1S/C22H23N5O4S/c1-13(18-10-14-6-4-5-7-17(14)31-18)24-20(28)12-32-22-26-25-21(27(22)23)16-9-8-15(29-2)11-19(16)30-3/h4-11,13H,12,23H2,1-3H3,(H,24,28). The quantitative estimate of drug-likeness (QED) is 0.308. The molecular weight excluding hydrogens is 430 g/mol. The number of nitrogens with zero attached hydrogens (tertiary/aromatic N) is 3. The number of hydrogen-bond donors (Lipinski definition) is 2. The summed E-state index contributed by atoms with van der Waals surface area (Å²) >= 11 is 1.19. The predicted molar refractivity (Wildman–Crippen MR) is 122 cm³/mol. The maximum atomic E-state index is 12.5. The molecule has 2 aromatic carbocycles. The van der Waals surface area contributed by atoms with Gasteiger partial charge < -0.3 is 25.1 Å². The van der Waals surface area contributed by atoms with Crippen LogP contribution in [0.25, 0.3) is 22.4 Å². The van der Waals surface area contributed by atoms with Crippen molar-refractivity contribution in [2.75, 3.05) is 25.8 Å². The van der Waals surface area contributed by atoms with Crippen molar-refractivity contribution in [1.82, 2.24) is 20.2 Å². The molecule has 0 fully saturated rings. The van der Waals surface area contributed by atoms with Crippen molar-refractivity contribution in [3.63, 3.8) is 0 Å². The van der Waals surface area contributed by atoms with Crippen molar-refractivity contribution in [2.24, 2.45) is 0 Å². The van der Waals surface area contributed by atoms with Crippen molar-refractivity contribution in [2.45, 2.75) is 18.1 Å². The lowest BCUT2D eigenvalue weighted by Gasteiger charge is -2.11. The number of benzene rings is 2. The number of carbonyl (C=O) groups excluding carboxylic acids is 1. The molecule has 3 N–H and O–H groups in total. The van der Waals surface area contributed by atoms with Crippen LogP contribution < -0.4 is 20.6 Å². The molecule has 4 aromatic rings. The first-order valence-corrected chi connectivity index (χ1v) is 10.8. The number of methoxy groups -OCH3 is 2. The number of rotatable bonds is 8.